The van der Waals surface area contributed by atoms with Crippen LogP contribution in [0.2, 0.25) is 5.28 Å². The minimum Gasteiger partial charge on any atom is -0.218 e. The van der Waals surface area contributed by atoms with Crippen LogP contribution >= 0.6 is 11.6 Å². The van der Waals surface area contributed by atoms with Gasteiger partial charge in [0.25, 0.3) is 0 Å². The molecular formula is C12H8ClN3. The summed E-state index contributed by atoms with van der Waals surface area (Å²) in [7, 11) is 0. The van der Waals surface area contributed by atoms with E-state index in [4.69, 9.17) is 16.9 Å². The average Bonchev–Trinajstić information content (AvgIpc) is 2.29. The zero-order chi connectivity index (χ0) is 11.5. The van der Waals surface area contributed by atoms with E-state index in [1.54, 1.807) is 6.07 Å². The fraction of sp³-hybridized carbons (Fsp3) is 0.0833. The Labute approximate surface area is 98.4 Å². The second-order valence-corrected chi connectivity index (χ2v) is 3.72. The van der Waals surface area contributed by atoms with Gasteiger partial charge in [-0.15, -0.1) is 0 Å². The number of nitrogens with zero attached hydrogens (tertiary/aromatic N) is 3. The lowest BCUT2D eigenvalue weighted by atomic mass is 10.1. The standard InChI is InChI=1S/C12H8ClN3/c1-8-2-4-9(5-3-8)11-6-10(7-14)15-12(13)16-11/h2-6H,1H3. The van der Waals surface area contributed by atoms with Crippen LogP contribution in [0.25, 0.3) is 11.3 Å². The normalized spacial score (nSPS) is 9.81. The lowest BCUT2D eigenvalue weighted by molar-refractivity contribution is 1.14. The maximum atomic E-state index is 8.78. The SMILES string of the molecule is Cc1ccc(-c2cc(C#N)nc(Cl)n2)cc1. The fourth-order valence-electron chi connectivity index (χ4n) is 1.35. The number of hydrogen-bond donors (Lipinski definition) is 0. The number of aryl methyl sites for hydroxylation is 1. The first-order valence-corrected chi connectivity index (χ1v) is 5.08. The van der Waals surface area contributed by atoms with E-state index in [-0.39, 0.29) is 11.0 Å². The second-order valence-electron chi connectivity index (χ2n) is 3.39. The Morgan fingerprint density at radius 1 is 1.19 bits per heavy atom. The van der Waals surface area contributed by atoms with E-state index in [0.717, 1.165) is 5.56 Å². The van der Waals surface area contributed by atoms with Crippen LogP contribution in [0.5, 0.6) is 0 Å². The average molecular weight is 230 g/mol. The molecule has 0 radical (unpaired) electrons. The molecule has 0 unspecified atom stereocenters. The van der Waals surface area contributed by atoms with Gasteiger partial charge in [0, 0.05) is 11.6 Å². The molecule has 0 saturated heterocycles. The smallest absolute Gasteiger partial charge is 0.218 e. The highest BCUT2D eigenvalue weighted by Crippen LogP contribution is 2.19. The molecule has 3 nitrogen and oxygen atoms in total. The number of nitriles is 1. The first kappa shape index (κ1) is 10.6. The van der Waals surface area contributed by atoms with Crippen molar-refractivity contribution in [2.45, 2.75) is 6.92 Å². The van der Waals surface area contributed by atoms with Gasteiger partial charge in [0.15, 0.2) is 0 Å². The molecule has 0 fully saturated rings. The highest BCUT2D eigenvalue weighted by atomic mass is 35.5. The molecule has 1 aromatic carbocycles. The molecule has 0 saturated carbocycles. The van der Waals surface area contributed by atoms with Crippen molar-refractivity contribution in [2.24, 2.45) is 0 Å². The summed E-state index contributed by atoms with van der Waals surface area (Å²) in [4.78, 5) is 7.87. The van der Waals surface area contributed by atoms with E-state index in [0.29, 0.717) is 5.69 Å². The van der Waals surface area contributed by atoms with Crippen molar-refractivity contribution >= 4 is 11.6 Å². The molecule has 2 aromatic rings. The van der Waals surface area contributed by atoms with Gasteiger partial charge in [-0.3, -0.25) is 0 Å². The van der Waals surface area contributed by atoms with Gasteiger partial charge < -0.3 is 0 Å². The number of hydrogen-bond acceptors (Lipinski definition) is 3. The second kappa shape index (κ2) is 4.30. The molecule has 0 spiro atoms. The van der Waals surface area contributed by atoms with Crippen LogP contribution in [0.4, 0.5) is 0 Å². The fourth-order valence-corrected chi connectivity index (χ4v) is 1.53. The minimum absolute atomic E-state index is 0.0922. The topological polar surface area (TPSA) is 49.6 Å². The molecular weight excluding hydrogens is 222 g/mol. The van der Waals surface area contributed by atoms with Crippen LogP contribution in [0.1, 0.15) is 11.3 Å². The van der Waals surface area contributed by atoms with Crippen molar-refractivity contribution in [3.63, 3.8) is 0 Å². The maximum absolute atomic E-state index is 8.78. The van der Waals surface area contributed by atoms with Crippen LogP contribution in [0.15, 0.2) is 30.3 Å². The number of rotatable bonds is 1. The molecule has 1 heterocycles. The molecule has 0 amide bonds. The van der Waals surface area contributed by atoms with Gasteiger partial charge in [0.1, 0.15) is 11.8 Å². The molecule has 0 N–H and O–H groups in total. The van der Waals surface area contributed by atoms with Crippen molar-refractivity contribution in [2.75, 3.05) is 0 Å². The maximum Gasteiger partial charge on any atom is 0.224 e. The molecule has 16 heavy (non-hydrogen) atoms. The summed E-state index contributed by atoms with van der Waals surface area (Å²) in [5.41, 5.74) is 3.03. The molecule has 0 aliphatic rings. The van der Waals surface area contributed by atoms with Crippen molar-refractivity contribution in [3.8, 4) is 17.3 Å². The monoisotopic (exact) mass is 229 g/mol. The zero-order valence-electron chi connectivity index (χ0n) is 8.61. The Bertz CT molecular complexity index is 555. The third kappa shape index (κ3) is 2.18. The van der Waals surface area contributed by atoms with Gasteiger partial charge in [-0.1, -0.05) is 29.8 Å². The molecule has 0 atom stereocenters. The molecule has 2 rings (SSSR count). The number of aromatic nitrogens is 2. The van der Waals surface area contributed by atoms with Gasteiger partial charge in [-0.05, 0) is 18.5 Å². The Balaban J connectivity index is 2.52. The molecule has 0 bridgehead atoms. The van der Waals surface area contributed by atoms with Crippen molar-refractivity contribution in [1.82, 2.24) is 9.97 Å². The lowest BCUT2D eigenvalue weighted by Crippen LogP contribution is -1.91. The minimum atomic E-state index is 0.0922. The molecule has 1 aromatic heterocycles. The summed E-state index contributed by atoms with van der Waals surface area (Å²) in [5.74, 6) is 0. The summed E-state index contributed by atoms with van der Waals surface area (Å²) >= 11 is 5.74. The highest BCUT2D eigenvalue weighted by Gasteiger charge is 2.04. The van der Waals surface area contributed by atoms with Gasteiger partial charge in [-0.25, -0.2) is 9.97 Å². The van der Waals surface area contributed by atoms with E-state index in [1.165, 1.54) is 5.56 Å². The van der Waals surface area contributed by atoms with E-state index in [2.05, 4.69) is 9.97 Å². The summed E-state index contributed by atoms with van der Waals surface area (Å²) in [6.07, 6.45) is 0. The predicted octanol–water partition coefficient (Wildman–Crippen LogP) is 2.98. The Morgan fingerprint density at radius 2 is 1.88 bits per heavy atom. The van der Waals surface area contributed by atoms with Gasteiger partial charge in [-0.2, -0.15) is 5.26 Å². The Kier molecular flexibility index (Phi) is 2.84. The van der Waals surface area contributed by atoms with Crippen molar-refractivity contribution in [3.05, 3.63) is 46.9 Å². The quantitative estimate of drug-likeness (QED) is 0.707. The third-order valence-electron chi connectivity index (χ3n) is 2.16. The largest absolute Gasteiger partial charge is 0.224 e. The first-order valence-electron chi connectivity index (χ1n) is 4.71. The van der Waals surface area contributed by atoms with Crippen LogP contribution in [0.3, 0.4) is 0 Å². The van der Waals surface area contributed by atoms with Gasteiger partial charge in [0.2, 0.25) is 5.28 Å². The van der Waals surface area contributed by atoms with E-state index in [1.807, 2.05) is 37.3 Å². The summed E-state index contributed by atoms with van der Waals surface area (Å²) in [6, 6.07) is 11.4. The predicted molar refractivity (Wildman–Crippen MR) is 61.9 cm³/mol. The molecule has 0 aliphatic heterocycles. The zero-order valence-corrected chi connectivity index (χ0v) is 9.36. The summed E-state index contributed by atoms with van der Waals surface area (Å²) in [6.45, 7) is 2.01. The van der Waals surface area contributed by atoms with E-state index < -0.39 is 0 Å². The number of halogens is 1. The highest BCUT2D eigenvalue weighted by molar-refractivity contribution is 6.28. The van der Waals surface area contributed by atoms with E-state index in [9.17, 15) is 0 Å². The van der Waals surface area contributed by atoms with E-state index >= 15 is 0 Å². The van der Waals surface area contributed by atoms with Crippen LogP contribution < -0.4 is 0 Å². The third-order valence-corrected chi connectivity index (χ3v) is 2.33. The summed E-state index contributed by atoms with van der Waals surface area (Å²) < 4.78 is 0. The van der Waals surface area contributed by atoms with Gasteiger partial charge >= 0.3 is 0 Å². The van der Waals surface area contributed by atoms with Crippen molar-refractivity contribution < 1.29 is 0 Å². The summed E-state index contributed by atoms with van der Waals surface area (Å²) in [5, 5.41) is 8.87. The first-order chi connectivity index (χ1) is 7.69. The van der Waals surface area contributed by atoms with Crippen molar-refractivity contribution in [1.29, 1.82) is 5.26 Å². The van der Waals surface area contributed by atoms with Crippen LogP contribution in [-0.4, -0.2) is 9.97 Å². The molecule has 78 valence electrons. The lowest BCUT2D eigenvalue weighted by Gasteiger charge is -2.02. The van der Waals surface area contributed by atoms with Gasteiger partial charge in [0.05, 0.1) is 5.69 Å². The number of benzene rings is 1. The van der Waals surface area contributed by atoms with Crippen LogP contribution in [0, 0.1) is 18.3 Å². The molecule has 0 aliphatic carbocycles. The Hall–Kier alpha value is -1.92. The Morgan fingerprint density at radius 3 is 2.50 bits per heavy atom. The molecule has 4 heteroatoms. The van der Waals surface area contributed by atoms with Crippen LogP contribution in [-0.2, 0) is 0 Å².